The summed E-state index contributed by atoms with van der Waals surface area (Å²) >= 11 is 0. The summed E-state index contributed by atoms with van der Waals surface area (Å²) in [7, 11) is 0. The minimum atomic E-state index is -0.311. The summed E-state index contributed by atoms with van der Waals surface area (Å²) in [4.78, 5) is 30.2. The number of aromatic hydroxyl groups is 1. The molecule has 0 atom stereocenters. The number of nitrogens with zero attached hydrogens (tertiary/aromatic N) is 2. The molecule has 0 spiro atoms. The van der Waals surface area contributed by atoms with E-state index in [9.17, 15) is 19.8 Å². The van der Waals surface area contributed by atoms with E-state index in [1.165, 1.54) is 6.07 Å². The fraction of sp³-hybridized carbons (Fsp3) is 0.462. The van der Waals surface area contributed by atoms with E-state index in [-0.39, 0.29) is 52.3 Å². The molecule has 2 aliphatic rings. The molecule has 0 unspecified atom stereocenters. The molecule has 2 aromatic rings. The third kappa shape index (κ3) is 4.77. The van der Waals surface area contributed by atoms with Crippen molar-refractivity contribution >= 4 is 23.0 Å². The molecule has 7 heteroatoms. The van der Waals surface area contributed by atoms with Gasteiger partial charge in [-0.15, -0.1) is 0 Å². The number of hydrogen-bond donors (Lipinski definition) is 2. The van der Waals surface area contributed by atoms with E-state index in [1.54, 1.807) is 18.2 Å². The van der Waals surface area contributed by atoms with E-state index >= 15 is 0 Å². The molecule has 1 aromatic heterocycles. The van der Waals surface area contributed by atoms with Crippen molar-refractivity contribution in [3.63, 3.8) is 0 Å². The molecule has 0 aliphatic heterocycles. The summed E-state index contributed by atoms with van der Waals surface area (Å²) in [5, 5.41) is 25.2. The number of aliphatic imine (C=N–C) groups is 1. The number of aromatic nitrogens is 1. The minimum Gasteiger partial charge on any atom is -0.511 e. The molecule has 0 amide bonds. The van der Waals surface area contributed by atoms with Gasteiger partial charge < -0.3 is 14.7 Å². The Morgan fingerprint density at radius 2 is 1.70 bits per heavy atom. The number of hydrogen-bond acceptors (Lipinski definition) is 7. The molecule has 2 N–H and O–H groups in total. The third-order valence-corrected chi connectivity index (χ3v) is 6.27. The summed E-state index contributed by atoms with van der Waals surface area (Å²) in [5.74, 6) is 0.343. The molecule has 2 aliphatic carbocycles. The molecule has 1 saturated carbocycles. The SMILES string of the molecule is CC1(C)CC(=O)/C(=C(/O)CCc2noc3c2C(=O)CC(C)(C)C3)C(=Nc2ccccc2O)C1. The zero-order valence-electron chi connectivity index (χ0n) is 19.6. The van der Waals surface area contributed by atoms with Crippen LogP contribution >= 0.6 is 0 Å². The number of Topliss-reactive ketones (excluding diaryl/α,β-unsaturated/α-hetero) is 2. The predicted octanol–water partition coefficient (Wildman–Crippen LogP) is 5.44. The molecule has 1 heterocycles. The highest BCUT2D eigenvalue weighted by Crippen LogP contribution is 2.39. The molecule has 1 fully saturated rings. The van der Waals surface area contributed by atoms with E-state index in [2.05, 4.69) is 10.1 Å². The molecular formula is C26H30N2O5. The van der Waals surface area contributed by atoms with E-state index in [1.807, 2.05) is 27.7 Å². The lowest BCUT2D eigenvalue weighted by Crippen LogP contribution is -2.32. The number of para-hydroxylation sites is 2. The maximum Gasteiger partial charge on any atom is 0.168 e. The predicted molar refractivity (Wildman–Crippen MR) is 124 cm³/mol. The van der Waals surface area contributed by atoms with Gasteiger partial charge in [0.15, 0.2) is 11.6 Å². The monoisotopic (exact) mass is 450 g/mol. The quantitative estimate of drug-likeness (QED) is 0.474. The third-order valence-electron chi connectivity index (χ3n) is 6.27. The number of aliphatic hydroxyl groups excluding tert-OH is 1. The Morgan fingerprint density at radius 3 is 2.42 bits per heavy atom. The Labute approximate surface area is 193 Å². The van der Waals surface area contributed by atoms with Gasteiger partial charge in [0.05, 0.1) is 22.5 Å². The van der Waals surface area contributed by atoms with Crippen LogP contribution in [-0.4, -0.2) is 32.6 Å². The molecule has 0 radical (unpaired) electrons. The van der Waals surface area contributed by atoms with Crippen molar-refractivity contribution in [3.8, 4) is 5.75 Å². The van der Waals surface area contributed by atoms with Gasteiger partial charge in [-0.05, 0) is 29.4 Å². The van der Waals surface area contributed by atoms with Crippen molar-refractivity contribution in [2.75, 3.05) is 0 Å². The minimum absolute atomic E-state index is 0.00180. The Hall–Kier alpha value is -3.22. The van der Waals surface area contributed by atoms with Gasteiger partial charge in [0.1, 0.15) is 23.0 Å². The van der Waals surface area contributed by atoms with Crippen LogP contribution in [-0.2, 0) is 17.6 Å². The number of ketones is 2. The number of benzene rings is 1. The van der Waals surface area contributed by atoms with Crippen LogP contribution in [0.3, 0.4) is 0 Å². The normalized spacial score (nSPS) is 22.4. The smallest absolute Gasteiger partial charge is 0.168 e. The summed E-state index contributed by atoms with van der Waals surface area (Å²) in [5.41, 5.74) is 1.56. The van der Waals surface area contributed by atoms with Gasteiger partial charge in [-0.25, -0.2) is 4.99 Å². The molecule has 0 saturated heterocycles. The first-order valence-electron chi connectivity index (χ1n) is 11.3. The summed E-state index contributed by atoms with van der Waals surface area (Å²) in [6, 6.07) is 6.65. The largest absolute Gasteiger partial charge is 0.511 e. The fourth-order valence-electron chi connectivity index (χ4n) is 4.77. The van der Waals surface area contributed by atoms with E-state index in [4.69, 9.17) is 4.52 Å². The first-order chi connectivity index (χ1) is 15.5. The van der Waals surface area contributed by atoms with Crippen molar-refractivity contribution in [2.24, 2.45) is 15.8 Å². The Bertz CT molecular complexity index is 1180. The number of aliphatic hydroxyl groups is 1. The second kappa shape index (κ2) is 8.28. The zero-order chi connectivity index (χ0) is 24.0. The number of fused-ring (bicyclic) bond motifs is 1. The lowest BCUT2D eigenvalue weighted by Gasteiger charge is -2.31. The zero-order valence-corrected chi connectivity index (χ0v) is 19.6. The van der Waals surface area contributed by atoms with Gasteiger partial charge >= 0.3 is 0 Å². The molecule has 7 nitrogen and oxygen atoms in total. The van der Waals surface area contributed by atoms with Crippen molar-refractivity contribution in [2.45, 2.75) is 66.2 Å². The van der Waals surface area contributed by atoms with Crippen molar-refractivity contribution in [3.05, 3.63) is 52.6 Å². The lowest BCUT2D eigenvalue weighted by atomic mass is 9.73. The second-order valence-corrected chi connectivity index (χ2v) is 10.7. The molecule has 0 bridgehead atoms. The van der Waals surface area contributed by atoms with Crippen LogP contribution in [0.25, 0.3) is 0 Å². The van der Waals surface area contributed by atoms with Gasteiger partial charge in [-0.3, -0.25) is 9.59 Å². The van der Waals surface area contributed by atoms with Crippen LogP contribution < -0.4 is 0 Å². The maximum absolute atomic E-state index is 13.0. The highest BCUT2D eigenvalue weighted by atomic mass is 16.5. The number of aryl methyl sites for hydroxylation is 1. The summed E-state index contributed by atoms with van der Waals surface area (Å²) < 4.78 is 5.45. The number of phenolic OH excluding ortho intramolecular Hbond substituents is 1. The van der Waals surface area contributed by atoms with E-state index < -0.39 is 0 Å². The Morgan fingerprint density at radius 1 is 1.03 bits per heavy atom. The number of carbonyl (C=O) groups excluding carboxylic acids is 2. The summed E-state index contributed by atoms with van der Waals surface area (Å²) in [6.45, 7) is 8.00. The van der Waals surface area contributed by atoms with Gasteiger partial charge in [0, 0.05) is 32.1 Å². The van der Waals surface area contributed by atoms with Crippen LogP contribution in [0.2, 0.25) is 0 Å². The van der Waals surface area contributed by atoms with Crippen LogP contribution in [0.15, 0.2) is 45.1 Å². The number of carbonyl (C=O) groups is 2. The van der Waals surface area contributed by atoms with E-state index in [0.717, 1.165) is 0 Å². The van der Waals surface area contributed by atoms with Crippen LogP contribution in [0.4, 0.5) is 5.69 Å². The number of phenols is 1. The van der Waals surface area contributed by atoms with Gasteiger partial charge in [0.25, 0.3) is 0 Å². The average molecular weight is 451 g/mol. The first kappa shape index (κ1) is 23.0. The molecular weight excluding hydrogens is 420 g/mol. The van der Waals surface area contributed by atoms with Crippen molar-refractivity contribution in [1.29, 1.82) is 0 Å². The fourth-order valence-corrected chi connectivity index (χ4v) is 4.77. The van der Waals surface area contributed by atoms with Gasteiger partial charge in [-0.2, -0.15) is 0 Å². The van der Waals surface area contributed by atoms with E-state index in [0.29, 0.717) is 54.1 Å². The topological polar surface area (TPSA) is 113 Å². The number of rotatable bonds is 4. The molecule has 174 valence electrons. The highest BCUT2D eigenvalue weighted by Gasteiger charge is 2.38. The molecule has 1 aromatic carbocycles. The van der Waals surface area contributed by atoms with Crippen LogP contribution in [0.5, 0.6) is 5.75 Å². The maximum atomic E-state index is 13.0. The molecule has 33 heavy (non-hydrogen) atoms. The summed E-state index contributed by atoms with van der Waals surface area (Å²) in [6.07, 6.45) is 2.25. The van der Waals surface area contributed by atoms with Crippen LogP contribution in [0.1, 0.15) is 75.2 Å². The Kier molecular flexibility index (Phi) is 5.76. The van der Waals surface area contributed by atoms with Gasteiger partial charge in [-0.1, -0.05) is 45.0 Å². The van der Waals surface area contributed by atoms with Gasteiger partial charge in [0.2, 0.25) is 0 Å². The van der Waals surface area contributed by atoms with Crippen molar-refractivity contribution in [1.82, 2.24) is 5.16 Å². The first-order valence-corrected chi connectivity index (χ1v) is 11.3. The number of allylic oxidation sites excluding steroid dienone is 2. The average Bonchev–Trinajstić information content (AvgIpc) is 3.08. The lowest BCUT2D eigenvalue weighted by molar-refractivity contribution is -0.117. The standard InChI is InChI=1S/C26H30N2O5/c1-25(2)11-17(27-15-7-5-6-8-18(15)29)23(20(31)12-25)19(30)10-9-16-24-21(32)13-26(3,4)14-22(24)33-28-16/h5-8,29-30H,9-14H2,1-4H3/b23-19+,27-17?. The Balaban J connectivity index is 1.64. The highest BCUT2D eigenvalue weighted by molar-refractivity contribution is 6.25. The van der Waals surface area contributed by atoms with Crippen molar-refractivity contribution < 1.29 is 24.3 Å². The second-order valence-electron chi connectivity index (χ2n) is 10.7. The molecule has 4 rings (SSSR count). The van der Waals surface area contributed by atoms with Crippen LogP contribution in [0, 0.1) is 10.8 Å².